The summed E-state index contributed by atoms with van der Waals surface area (Å²) in [5.74, 6) is -17.7. The molecule has 0 radical (unpaired) electrons. The number of halogens is 9. The van der Waals surface area contributed by atoms with Crippen LogP contribution in [0.1, 0.15) is 57.1 Å². The van der Waals surface area contributed by atoms with Crippen molar-refractivity contribution in [3.63, 3.8) is 0 Å². The van der Waals surface area contributed by atoms with E-state index in [1.165, 1.54) is 0 Å². The minimum atomic E-state index is -2.32. The molecule has 0 amide bonds. The lowest BCUT2D eigenvalue weighted by Gasteiger charge is -2.36. The first kappa shape index (κ1) is 34.0. The fraction of sp³-hybridized carbons (Fsp3) is 0.379. The Balaban J connectivity index is 2.09. The van der Waals surface area contributed by atoms with E-state index < -0.39 is 88.5 Å². The molecule has 0 aliphatic heterocycles. The number of rotatable bonds is 14. The zero-order valence-electron chi connectivity index (χ0n) is 23.9. The third-order valence-electron chi connectivity index (χ3n) is 6.61. The third-order valence-corrected chi connectivity index (χ3v) is 6.61. The van der Waals surface area contributed by atoms with E-state index in [-0.39, 0.29) is 4.48 Å². The summed E-state index contributed by atoms with van der Waals surface area (Å²) >= 11 is 0. The number of hydrogen-bond donors (Lipinski definition) is 0. The van der Waals surface area contributed by atoms with E-state index in [1.54, 1.807) is 21.1 Å². The van der Waals surface area contributed by atoms with Crippen LogP contribution in [0.25, 0.3) is 0 Å². The quantitative estimate of drug-likeness (QED) is 0.0593. The molecule has 0 saturated carbocycles. The second-order valence-corrected chi connectivity index (χ2v) is 10.8. The highest BCUT2D eigenvalue weighted by Gasteiger charge is 2.39. The van der Waals surface area contributed by atoms with E-state index in [4.69, 9.17) is 14.0 Å². The number of hydrogen-bond acceptors (Lipinski definition) is 3. The van der Waals surface area contributed by atoms with Crippen LogP contribution >= 0.6 is 0 Å². The smallest absolute Gasteiger partial charge is 0.489 e. The van der Waals surface area contributed by atoms with Crippen LogP contribution in [0.4, 0.5) is 39.5 Å². The normalized spacial score (nSPS) is 12.3. The molecule has 0 aliphatic rings. The summed E-state index contributed by atoms with van der Waals surface area (Å²) in [6.07, 6.45) is 4.47. The van der Waals surface area contributed by atoms with Crippen molar-refractivity contribution >= 4 is 7.32 Å². The molecule has 234 valence electrons. The SMILES string of the molecule is CCCCCCCC(c1c(OB(Oc2cc(F)c(F)c(F)c2)Oc2cc(F)c(F)c(F)c2)cc(F)c(F)c1F)[N+](C)(C)C. The van der Waals surface area contributed by atoms with Gasteiger partial charge >= 0.3 is 7.32 Å². The van der Waals surface area contributed by atoms with Gasteiger partial charge in [-0.3, -0.25) is 0 Å². The Morgan fingerprint density at radius 2 is 1.02 bits per heavy atom. The van der Waals surface area contributed by atoms with Crippen molar-refractivity contribution in [2.75, 3.05) is 21.1 Å². The molecule has 0 N–H and O–H groups in total. The Bertz CT molecular complexity index is 1330. The van der Waals surface area contributed by atoms with Crippen molar-refractivity contribution < 1.29 is 58.0 Å². The van der Waals surface area contributed by atoms with E-state index in [1.807, 2.05) is 6.92 Å². The van der Waals surface area contributed by atoms with E-state index in [0.29, 0.717) is 43.2 Å². The van der Waals surface area contributed by atoms with Gasteiger partial charge in [0.05, 0.1) is 26.7 Å². The first-order valence-corrected chi connectivity index (χ1v) is 13.4. The van der Waals surface area contributed by atoms with E-state index in [2.05, 4.69) is 0 Å². The first-order chi connectivity index (χ1) is 20.1. The van der Waals surface area contributed by atoms with Gasteiger partial charge in [-0.25, -0.2) is 39.5 Å². The Morgan fingerprint density at radius 1 is 0.581 bits per heavy atom. The van der Waals surface area contributed by atoms with Crippen LogP contribution < -0.4 is 14.0 Å². The van der Waals surface area contributed by atoms with Crippen molar-refractivity contribution in [1.29, 1.82) is 0 Å². The van der Waals surface area contributed by atoms with Crippen LogP contribution in [0.15, 0.2) is 30.3 Å². The minimum absolute atomic E-state index is 0.0152. The van der Waals surface area contributed by atoms with E-state index in [9.17, 15) is 35.1 Å². The van der Waals surface area contributed by atoms with Gasteiger partial charge in [-0.15, -0.1) is 0 Å². The molecule has 1 unspecified atom stereocenters. The maximum absolute atomic E-state index is 15.5. The third kappa shape index (κ3) is 8.52. The molecule has 0 saturated heterocycles. The standard InChI is InChI=1S/C29H30BF9NO3/c1-5-6-7-8-9-10-23(40(2,3)4)25-24(15-22(35)28(38)29(25)39)43-30(41-16-11-18(31)26(36)19(32)12-16)42-17-13-20(33)27(37)21(34)14-17/h11-15,23H,5-10H2,1-4H3/q+1. The maximum atomic E-state index is 15.5. The number of nitrogens with zero attached hydrogens (tertiary/aromatic N) is 1. The maximum Gasteiger partial charge on any atom is 0.864 e. The molecule has 4 nitrogen and oxygen atoms in total. The zero-order chi connectivity index (χ0) is 32.1. The van der Waals surface area contributed by atoms with Crippen LogP contribution in [0.5, 0.6) is 17.2 Å². The summed E-state index contributed by atoms with van der Waals surface area (Å²) in [7, 11) is 2.72. The van der Waals surface area contributed by atoms with Crippen molar-refractivity contribution in [3.8, 4) is 17.2 Å². The molecule has 14 heteroatoms. The largest absolute Gasteiger partial charge is 0.864 e. The van der Waals surface area contributed by atoms with Crippen LogP contribution in [0, 0.1) is 52.4 Å². The highest BCUT2D eigenvalue weighted by atomic mass is 19.2. The molecule has 0 fully saturated rings. The fourth-order valence-electron chi connectivity index (χ4n) is 4.45. The summed E-state index contributed by atoms with van der Waals surface area (Å²) < 4.78 is 143. The van der Waals surface area contributed by atoms with Gasteiger partial charge in [-0.1, -0.05) is 32.6 Å². The molecule has 3 aromatic carbocycles. The lowest BCUT2D eigenvalue weighted by molar-refractivity contribution is -0.902. The lowest BCUT2D eigenvalue weighted by Crippen LogP contribution is -2.41. The molecule has 1 atom stereocenters. The van der Waals surface area contributed by atoms with Gasteiger partial charge in [0.1, 0.15) is 23.3 Å². The van der Waals surface area contributed by atoms with Gasteiger partial charge in [-0.05, 0) is 6.42 Å². The molecule has 3 rings (SSSR count). The molecule has 43 heavy (non-hydrogen) atoms. The van der Waals surface area contributed by atoms with Gasteiger partial charge in [0, 0.05) is 36.8 Å². The molecule has 3 aromatic rings. The van der Waals surface area contributed by atoms with Gasteiger partial charge in [0.25, 0.3) is 0 Å². The second kappa shape index (κ2) is 14.3. The molecular weight excluding hydrogens is 592 g/mol. The van der Waals surface area contributed by atoms with Crippen LogP contribution in [-0.4, -0.2) is 32.9 Å². The summed E-state index contributed by atoms with van der Waals surface area (Å²) in [6.45, 7) is 2.03. The first-order valence-electron chi connectivity index (χ1n) is 13.4. The summed E-state index contributed by atoms with van der Waals surface area (Å²) in [4.78, 5) is 0. The average Bonchev–Trinajstić information content (AvgIpc) is 2.91. The van der Waals surface area contributed by atoms with E-state index >= 15 is 4.39 Å². The minimum Gasteiger partial charge on any atom is -0.489 e. The lowest BCUT2D eigenvalue weighted by atomic mass is 9.95. The highest BCUT2D eigenvalue weighted by Crippen LogP contribution is 2.39. The van der Waals surface area contributed by atoms with E-state index in [0.717, 1.165) is 25.7 Å². The Kier molecular flexibility index (Phi) is 11.3. The van der Waals surface area contributed by atoms with Crippen molar-refractivity contribution in [3.05, 3.63) is 88.3 Å². The second-order valence-electron chi connectivity index (χ2n) is 10.8. The molecule has 0 bridgehead atoms. The molecule has 0 aromatic heterocycles. The molecule has 0 aliphatic carbocycles. The van der Waals surface area contributed by atoms with Crippen molar-refractivity contribution in [2.45, 2.75) is 51.5 Å². The Hall–Kier alpha value is -3.55. The van der Waals surface area contributed by atoms with Gasteiger partial charge < -0.3 is 18.4 Å². The Labute approximate surface area is 243 Å². The molecular formula is C29H30BF9NO3+. The summed E-state index contributed by atoms with van der Waals surface area (Å²) in [6, 6.07) is 1.16. The monoisotopic (exact) mass is 622 g/mol. The number of quaternary nitrogens is 1. The van der Waals surface area contributed by atoms with Crippen LogP contribution in [0.3, 0.4) is 0 Å². The van der Waals surface area contributed by atoms with Crippen molar-refractivity contribution in [1.82, 2.24) is 0 Å². The van der Waals surface area contributed by atoms with Gasteiger partial charge in [-0.2, -0.15) is 0 Å². The topological polar surface area (TPSA) is 27.7 Å². The van der Waals surface area contributed by atoms with Crippen LogP contribution in [0.2, 0.25) is 0 Å². The Morgan fingerprint density at radius 3 is 1.47 bits per heavy atom. The average molecular weight is 622 g/mol. The highest BCUT2D eigenvalue weighted by molar-refractivity contribution is 6.39. The van der Waals surface area contributed by atoms with Crippen LogP contribution in [-0.2, 0) is 0 Å². The predicted molar refractivity (Wildman–Crippen MR) is 141 cm³/mol. The molecule has 0 heterocycles. The summed E-state index contributed by atoms with van der Waals surface area (Å²) in [5, 5.41) is 0. The summed E-state index contributed by atoms with van der Waals surface area (Å²) in [5.41, 5.74) is -0.438. The van der Waals surface area contributed by atoms with Gasteiger partial charge in [0.15, 0.2) is 52.4 Å². The zero-order valence-corrected chi connectivity index (χ0v) is 23.9. The van der Waals surface area contributed by atoms with Crippen molar-refractivity contribution in [2.24, 2.45) is 0 Å². The predicted octanol–water partition coefficient (Wildman–Crippen LogP) is 8.57. The van der Waals surface area contributed by atoms with Gasteiger partial charge in [0.2, 0.25) is 0 Å². The number of benzene rings is 3. The molecule has 0 spiro atoms. The fourth-order valence-corrected chi connectivity index (χ4v) is 4.45. The number of unbranched alkanes of at least 4 members (excludes halogenated alkanes) is 4.